The number of benzene rings is 1. The van der Waals surface area contributed by atoms with Gasteiger partial charge in [-0.05, 0) is 50.9 Å². The van der Waals surface area contributed by atoms with Crippen molar-refractivity contribution in [1.82, 2.24) is 20.0 Å². The van der Waals surface area contributed by atoms with Crippen molar-refractivity contribution in [2.24, 2.45) is 0 Å². The van der Waals surface area contributed by atoms with Crippen molar-refractivity contribution in [2.45, 2.75) is 50.5 Å². The molecule has 1 aromatic carbocycles. The molecule has 29 heavy (non-hydrogen) atoms. The minimum Gasteiger partial charge on any atom is -0.493 e. The Morgan fingerprint density at radius 2 is 1.79 bits per heavy atom. The number of nitrogens with one attached hydrogen (secondary N) is 1. The minimum absolute atomic E-state index is 0.132. The smallest absolute Gasteiger partial charge is 0.271 e. The van der Waals surface area contributed by atoms with E-state index in [4.69, 9.17) is 14.2 Å². The molecule has 1 N–H and O–H groups in total. The molecule has 3 heterocycles. The van der Waals surface area contributed by atoms with E-state index in [0.29, 0.717) is 35.0 Å². The van der Waals surface area contributed by atoms with Crippen LogP contribution < -0.4 is 19.5 Å². The van der Waals surface area contributed by atoms with Crippen LogP contribution in [0.5, 0.6) is 17.2 Å². The van der Waals surface area contributed by atoms with Crippen LogP contribution in [0.2, 0.25) is 0 Å². The summed E-state index contributed by atoms with van der Waals surface area (Å²) in [6, 6.07) is 8.53. The fraction of sp³-hybridized carbons (Fsp3) is 0.524. The van der Waals surface area contributed by atoms with Crippen molar-refractivity contribution in [3.8, 4) is 17.2 Å². The summed E-state index contributed by atoms with van der Waals surface area (Å²) >= 11 is 0. The quantitative estimate of drug-likeness (QED) is 0.768. The van der Waals surface area contributed by atoms with Gasteiger partial charge in [-0.2, -0.15) is 5.10 Å². The molecule has 1 amide bonds. The van der Waals surface area contributed by atoms with Crippen LogP contribution in [0, 0.1) is 0 Å². The van der Waals surface area contributed by atoms with Gasteiger partial charge in [0.1, 0.15) is 5.69 Å². The average molecular weight is 400 g/mol. The molecule has 2 bridgehead atoms. The number of carbonyl (C=O) groups is 1. The van der Waals surface area contributed by atoms with E-state index >= 15 is 0 Å². The van der Waals surface area contributed by atoms with E-state index in [1.807, 2.05) is 6.07 Å². The maximum absolute atomic E-state index is 12.6. The van der Waals surface area contributed by atoms with E-state index in [2.05, 4.69) is 22.4 Å². The van der Waals surface area contributed by atoms with Gasteiger partial charge in [-0.15, -0.1) is 0 Å². The van der Waals surface area contributed by atoms with Gasteiger partial charge in [-0.3, -0.25) is 4.79 Å². The summed E-state index contributed by atoms with van der Waals surface area (Å²) in [5, 5.41) is 7.52. The Labute approximate surface area is 170 Å². The molecule has 2 fully saturated rings. The molecule has 8 heteroatoms. The van der Waals surface area contributed by atoms with Gasteiger partial charge >= 0.3 is 0 Å². The summed E-state index contributed by atoms with van der Waals surface area (Å²) in [5.41, 5.74) is 0.395. The highest BCUT2D eigenvalue weighted by molar-refractivity contribution is 5.92. The maximum Gasteiger partial charge on any atom is 0.271 e. The molecule has 2 aliphatic rings. The molecule has 2 unspecified atom stereocenters. The second kappa shape index (κ2) is 8.32. The fourth-order valence-corrected chi connectivity index (χ4v) is 4.43. The molecular formula is C21H28N4O4. The lowest BCUT2D eigenvalue weighted by Gasteiger charge is -2.36. The summed E-state index contributed by atoms with van der Waals surface area (Å²) in [4.78, 5) is 15.1. The van der Waals surface area contributed by atoms with E-state index in [1.165, 1.54) is 12.8 Å². The van der Waals surface area contributed by atoms with E-state index in [0.717, 1.165) is 12.8 Å². The molecule has 156 valence electrons. The summed E-state index contributed by atoms with van der Waals surface area (Å²) in [7, 11) is 5.35. The molecule has 2 saturated heterocycles. The number of aromatic nitrogens is 2. The molecule has 4 rings (SSSR count). The van der Waals surface area contributed by atoms with Gasteiger partial charge in [0, 0.05) is 24.3 Å². The average Bonchev–Trinajstić information content (AvgIpc) is 3.27. The molecule has 2 aromatic rings. The summed E-state index contributed by atoms with van der Waals surface area (Å²) in [6.45, 7) is 0.141. The van der Waals surface area contributed by atoms with E-state index < -0.39 is 0 Å². The topological polar surface area (TPSA) is 77.9 Å². The lowest BCUT2D eigenvalue weighted by Crippen LogP contribution is -2.48. The molecule has 0 aliphatic carbocycles. The first kappa shape index (κ1) is 19.6. The van der Waals surface area contributed by atoms with Crippen LogP contribution in [0.1, 0.15) is 36.2 Å². The Hall–Kier alpha value is -2.74. The van der Waals surface area contributed by atoms with Crippen LogP contribution in [0.25, 0.3) is 0 Å². The van der Waals surface area contributed by atoms with Crippen molar-refractivity contribution in [1.29, 1.82) is 0 Å². The molecule has 8 nitrogen and oxygen atoms in total. The second-order valence-corrected chi connectivity index (χ2v) is 7.70. The van der Waals surface area contributed by atoms with E-state index in [1.54, 1.807) is 43.3 Å². The number of hydrogen-bond acceptors (Lipinski definition) is 6. The summed E-state index contributed by atoms with van der Waals surface area (Å²) in [5.74, 6) is 1.52. The first-order valence-corrected chi connectivity index (χ1v) is 9.99. The monoisotopic (exact) mass is 400 g/mol. The first-order valence-electron chi connectivity index (χ1n) is 9.99. The highest BCUT2D eigenvalue weighted by Gasteiger charge is 2.38. The third-order valence-corrected chi connectivity index (χ3v) is 6.03. The van der Waals surface area contributed by atoms with Crippen molar-refractivity contribution >= 4 is 5.91 Å². The molecular weight excluding hydrogens is 372 g/mol. The molecule has 2 aliphatic heterocycles. The standard InChI is InChI=1S/C21H28N4O4/c1-24-15-7-8-16(24)12-14(11-15)22-21(26)17-9-10-25(23-17)13-29-20-18(27-2)5-4-6-19(20)28-3/h4-6,9-10,14-16H,7-8,11-13H2,1-3H3,(H,22,26). The number of nitrogens with zero attached hydrogens (tertiary/aromatic N) is 3. The Morgan fingerprint density at radius 3 is 2.41 bits per heavy atom. The van der Waals surface area contributed by atoms with Crippen molar-refractivity contribution in [3.05, 3.63) is 36.2 Å². The predicted octanol–water partition coefficient (Wildman–Crippen LogP) is 2.29. The Bertz CT molecular complexity index is 832. The van der Waals surface area contributed by atoms with Gasteiger partial charge in [-0.1, -0.05) is 6.07 Å². The first-order chi connectivity index (χ1) is 14.1. The summed E-state index contributed by atoms with van der Waals surface area (Å²) in [6.07, 6.45) is 6.21. The fourth-order valence-electron chi connectivity index (χ4n) is 4.43. The van der Waals surface area contributed by atoms with Gasteiger partial charge in [0.2, 0.25) is 5.75 Å². The van der Waals surface area contributed by atoms with Crippen LogP contribution in [0.4, 0.5) is 0 Å². The number of piperidine rings is 1. The molecule has 0 spiro atoms. The number of para-hydroxylation sites is 1. The third kappa shape index (κ3) is 4.03. The van der Waals surface area contributed by atoms with Crippen LogP contribution >= 0.6 is 0 Å². The Morgan fingerprint density at radius 1 is 1.14 bits per heavy atom. The number of fused-ring (bicyclic) bond motifs is 2. The number of hydrogen-bond donors (Lipinski definition) is 1. The lowest BCUT2D eigenvalue weighted by molar-refractivity contribution is 0.0875. The largest absolute Gasteiger partial charge is 0.493 e. The van der Waals surface area contributed by atoms with Crippen LogP contribution in [0.3, 0.4) is 0 Å². The highest BCUT2D eigenvalue weighted by atomic mass is 16.5. The molecule has 0 saturated carbocycles. The number of ether oxygens (including phenoxy) is 3. The zero-order valence-corrected chi connectivity index (χ0v) is 17.1. The Balaban J connectivity index is 1.36. The van der Waals surface area contributed by atoms with Crippen LogP contribution in [-0.2, 0) is 6.73 Å². The second-order valence-electron chi connectivity index (χ2n) is 7.70. The lowest BCUT2D eigenvalue weighted by atomic mass is 9.98. The van der Waals surface area contributed by atoms with Crippen molar-refractivity contribution in [3.63, 3.8) is 0 Å². The van der Waals surface area contributed by atoms with E-state index in [-0.39, 0.29) is 18.7 Å². The predicted molar refractivity (Wildman–Crippen MR) is 107 cm³/mol. The molecule has 0 radical (unpaired) electrons. The normalized spacial score (nSPS) is 23.6. The van der Waals surface area contributed by atoms with Crippen molar-refractivity contribution in [2.75, 3.05) is 21.3 Å². The SMILES string of the molecule is COc1cccc(OC)c1OCn1ccc(C(=O)NC2CC3CCC(C2)N3C)n1. The number of methoxy groups -OCH3 is 2. The van der Waals surface area contributed by atoms with Gasteiger partial charge in [-0.25, -0.2) is 4.68 Å². The number of rotatable bonds is 7. The summed E-state index contributed by atoms with van der Waals surface area (Å²) < 4.78 is 18.1. The van der Waals surface area contributed by atoms with Crippen molar-refractivity contribution < 1.29 is 19.0 Å². The Kier molecular flexibility index (Phi) is 5.62. The van der Waals surface area contributed by atoms with Crippen LogP contribution in [-0.4, -0.2) is 60.0 Å². The number of carbonyl (C=O) groups excluding carboxylic acids is 1. The van der Waals surface area contributed by atoms with Gasteiger partial charge in [0.05, 0.1) is 14.2 Å². The minimum atomic E-state index is -0.132. The highest BCUT2D eigenvalue weighted by Crippen LogP contribution is 2.37. The van der Waals surface area contributed by atoms with E-state index in [9.17, 15) is 4.79 Å². The van der Waals surface area contributed by atoms with Crippen LogP contribution in [0.15, 0.2) is 30.5 Å². The zero-order valence-electron chi connectivity index (χ0n) is 17.1. The molecule has 2 atom stereocenters. The molecule has 1 aromatic heterocycles. The van der Waals surface area contributed by atoms with Gasteiger partial charge < -0.3 is 24.4 Å². The number of amides is 1. The maximum atomic E-state index is 12.6. The third-order valence-electron chi connectivity index (χ3n) is 6.03. The zero-order chi connectivity index (χ0) is 20.4. The van der Waals surface area contributed by atoms with Gasteiger partial charge in [0.15, 0.2) is 18.2 Å². The van der Waals surface area contributed by atoms with Gasteiger partial charge in [0.25, 0.3) is 5.91 Å².